The predicted molar refractivity (Wildman–Crippen MR) is 538 cm³/mol. The van der Waals surface area contributed by atoms with Crippen molar-refractivity contribution in [1.29, 1.82) is 0 Å². The molecule has 0 spiro atoms. The Hall–Kier alpha value is -15.0. The van der Waals surface area contributed by atoms with Crippen LogP contribution in [0.1, 0.15) is 122 Å². The molecule has 638 valence electrons. The Morgan fingerprint density at radius 2 is 0.477 bits per heavy atom. The van der Waals surface area contributed by atoms with E-state index in [1.54, 1.807) is 0 Å². The minimum absolute atomic E-state index is 0.0235. The zero-order valence-corrected chi connectivity index (χ0v) is 75.5. The first kappa shape index (κ1) is 81.5. The van der Waals surface area contributed by atoms with Gasteiger partial charge < -0.3 is 38.1 Å². The highest BCUT2D eigenvalue weighted by molar-refractivity contribution is 6.62. The second-order valence-electron chi connectivity index (χ2n) is 37.3. The molecule has 4 aliphatic carbocycles. The van der Waals surface area contributed by atoms with Gasteiger partial charge in [-0.05, 0) is 289 Å². The summed E-state index contributed by atoms with van der Waals surface area (Å²) in [6, 6.07) is 151. The van der Waals surface area contributed by atoms with Crippen LogP contribution in [-0.4, -0.2) is 18.3 Å². The normalized spacial score (nSPS) is 15.4. The molecule has 1 saturated heterocycles. The Bertz CT molecular complexity index is 7450. The topological polar surface area (TPSA) is 61.9 Å². The molecule has 8 nitrogen and oxygen atoms in total. The molecular weight excluding hydrogens is 1640 g/mol. The molecule has 7 aliphatic rings. The summed E-state index contributed by atoms with van der Waals surface area (Å²) in [6.07, 6.45) is 0. The van der Waals surface area contributed by atoms with Crippen molar-refractivity contribution >= 4 is 58.3 Å². The summed E-state index contributed by atoms with van der Waals surface area (Å²) in [5, 5.41) is 0.743. The lowest BCUT2D eigenvalue weighted by molar-refractivity contribution is 0.00578. The number of para-hydroxylation sites is 6. The third-order valence-corrected chi connectivity index (χ3v) is 28.9. The largest absolute Gasteiger partial charge is 0.494 e. The van der Waals surface area contributed by atoms with Gasteiger partial charge in [-0.25, -0.2) is 0 Å². The fourth-order valence-electron chi connectivity index (χ4n) is 21.5. The van der Waals surface area contributed by atoms with Gasteiger partial charge >= 0.3 is 7.12 Å². The van der Waals surface area contributed by atoms with Gasteiger partial charge in [0.15, 0.2) is 46.0 Å². The summed E-state index contributed by atoms with van der Waals surface area (Å²) in [5.74, 6) is 5.74. The molecular formula is C122H94BClN2O6. The summed E-state index contributed by atoms with van der Waals surface area (Å²) in [4.78, 5) is 4.66. The molecule has 0 amide bonds. The lowest BCUT2D eigenvalue weighted by Gasteiger charge is -2.34. The van der Waals surface area contributed by atoms with Gasteiger partial charge in [-0.1, -0.05) is 330 Å². The van der Waals surface area contributed by atoms with Gasteiger partial charge in [0, 0.05) is 50.0 Å². The van der Waals surface area contributed by atoms with Crippen molar-refractivity contribution in [3.63, 3.8) is 0 Å². The lowest BCUT2D eigenvalue weighted by atomic mass is 9.66. The SMILES string of the molecule is CC1(C)OB(c2ccc(C3(c4ccc5c(c4)Oc4ccccc4O5)c4ccccc4-c4ccccc43)cc2)OC1(C)C.CC1(C)c2ccccc2-c2ccc(N(c3ccccc3)c3ccc(-c4ccc(C5(c6ccc7c(c6)Oc6ccccc6O7)c6ccccc6-c6ccccc65)cc4)cc3)cc21.CC1(C)c2ccccc2-c2ccc(N(c3ccccc3)c3ccc(Cl)cc3)cc21. The van der Waals surface area contributed by atoms with Crippen LogP contribution in [0.5, 0.6) is 46.0 Å². The van der Waals surface area contributed by atoms with Crippen LogP contribution in [0, 0.1) is 0 Å². The van der Waals surface area contributed by atoms with Crippen LogP contribution in [0.2, 0.25) is 5.02 Å². The highest BCUT2D eigenvalue weighted by atomic mass is 35.5. The molecule has 132 heavy (non-hydrogen) atoms. The molecule has 0 bridgehead atoms. The zero-order valence-electron chi connectivity index (χ0n) is 74.7. The number of anilines is 6. The third-order valence-electron chi connectivity index (χ3n) is 28.6. The molecule has 0 unspecified atom stereocenters. The summed E-state index contributed by atoms with van der Waals surface area (Å²) >= 11 is 6.16. The fourth-order valence-corrected chi connectivity index (χ4v) is 21.6. The minimum atomic E-state index is -0.576. The van der Waals surface area contributed by atoms with E-state index in [0.717, 1.165) is 95.4 Å². The Labute approximate surface area is 777 Å². The van der Waals surface area contributed by atoms with E-state index in [1.165, 1.54) is 94.6 Å². The maximum Gasteiger partial charge on any atom is 0.494 e. The highest BCUT2D eigenvalue weighted by Crippen LogP contribution is 2.62. The standard InChI is InChI=1S/C58H41NO2.C37H31BO4.C27H22ClN/c1-57(2)49-19-9-6-16-45(49)48-34-33-44(37-52(48)57)59(42-14-4-3-5-15-42)43-31-26-39(27-32-43)38-24-28-40(29-25-38)58(50-20-10-7-17-46(50)47-18-8-11-21-51(47)58)41-30-35-55-56(36-41)61-54-23-13-12-22-53(54)60-55;1-35(2)36(3,4)42-38(41-35)26-20-17-24(18-21-26)37(29-13-7-5-11-27(29)28-12-6-8-14-30(28)37)25-19-22-33-34(23-25)40-32-16-10-9-15-31(32)39-33;1-27(2)25-11-7-6-10-23(25)24-17-16-22(18-26(24)27)29(20-8-4-3-5-9-20)21-14-12-19(28)13-15-21/h3-37H,1-2H3;5-23H,1-4H3;3-18H,1-2H3. The molecule has 18 aromatic rings. The van der Waals surface area contributed by atoms with Crippen molar-refractivity contribution in [1.82, 2.24) is 0 Å². The number of hydrogen-bond acceptors (Lipinski definition) is 8. The number of halogens is 1. The van der Waals surface area contributed by atoms with Crippen molar-refractivity contribution in [2.24, 2.45) is 0 Å². The molecule has 0 saturated carbocycles. The van der Waals surface area contributed by atoms with E-state index < -0.39 is 29.2 Å². The molecule has 10 heteroatoms. The van der Waals surface area contributed by atoms with Crippen LogP contribution < -0.4 is 34.2 Å². The van der Waals surface area contributed by atoms with Gasteiger partial charge in [0.2, 0.25) is 0 Å². The van der Waals surface area contributed by atoms with E-state index >= 15 is 0 Å². The average Bonchev–Trinajstić information content (AvgIpc) is 1.53. The molecule has 0 radical (unpaired) electrons. The van der Waals surface area contributed by atoms with Crippen LogP contribution in [0.25, 0.3) is 55.6 Å². The number of rotatable bonds is 12. The molecule has 3 aliphatic heterocycles. The van der Waals surface area contributed by atoms with E-state index in [9.17, 15) is 0 Å². The molecule has 18 aromatic carbocycles. The second-order valence-corrected chi connectivity index (χ2v) is 37.7. The Morgan fingerprint density at radius 1 is 0.212 bits per heavy atom. The lowest BCUT2D eigenvalue weighted by Crippen LogP contribution is -2.41. The third kappa shape index (κ3) is 13.2. The Morgan fingerprint density at radius 3 is 0.848 bits per heavy atom. The maximum absolute atomic E-state index is 6.51. The van der Waals surface area contributed by atoms with Crippen LogP contribution in [0.3, 0.4) is 0 Å². The highest BCUT2D eigenvalue weighted by Gasteiger charge is 2.53. The smallest absolute Gasteiger partial charge is 0.450 e. The number of ether oxygens (including phenoxy) is 4. The maximum atomic E-state index is 6.51. The summed E-state index contributed by atoms with van der Waals surface area (Å²) in [6.45, 7) is 17.7. The van der Waals surface area contributed by atoms with Crippen LogP contribution in [0.15, 0.2) is 425 Å². The molecule has 0 atom stereocenters. The number of hydrogen-bond donors (Lipinski definition) is 0. The molecule has 25 rings (SSSR count). The van der Waals surface area contributed by atoms with Crippen molar-refractivity contribution in [2.45, 2.75) is 88.3 Å². The summed E-state index contributed by atoms with van der Waals surface area (Å²) in [7, 11) is -0.419. The first-order valence-electron chi connectivity index (χ1n) is 45.5. The zero-order chi connectivity index (χ0) is 89.4. The average molecular weight is 1730 g/mol. The van der Waals surface area contributed by atoms with E-state index in [0.29, 0.717) is 23.0 Å². The van der Waals surface area contributed by atoms with Crippen LogP contribution in [0.4, 0.5) is 34.1 Å². The van der Waals surface area contributed by atoms with E-state index in [-0.39, 0.29) is 10.8 Å². The Kier molecular flexibility index (Phi) is 19.6. The fraction of sp³-hybridized carbons (Fsp3) is 0.115. The summed E-state index contributed by atoms with van der Waals surface area (Å²) in [5.41, 5.74) is 33.4. The Balaban J connectivity index is 0.000000121. The van der Waals surface area contributed by atoms with Gasteiger partial charge in [-0.15, -0.1) is 0 Å². The molecule has 1 fully saturated rings. The van der Waals surface area contributed by atoms with Crippen LogP contribution >= 0.6 is 11.6 Å². The van der Waals surface area contributed by atoms with Gasteiger partial charge in [0.05, 0.1) is 22.0 Å². The first-order valence-corrected chi connectivity index (χ1v) is 45.9. The number of benzene rings is 18. The molecule has 3 heterocycles. The van der Waals surface area contributed by atoms with Crippen molar-refractivity contribution in [2.75, 3.05) is 9.80 Å². The van der Waals surface area contributed by atoms with Gasteiger partial charge in [-0.2, -0.15) is 0 Å². The van der Waals surface area contributed by atoms with E-state index in [2.05, 4.69) is 417 Å². The quantitative estimate of drug-likeness (QED) is 0.112. The van der Waals surface area contributed by atoms with Gasteiger partial charge in [0.25, 0.3) is 0 Å². The summed E-state index contributed by atoms with van der Waals surface area (Å²) < 4.78 is 38.2. The minimum Gasteiger partial charge on any atom is -0.450 e. The second kappa shape index (κ2) is 31.7. The van der Waals surface area contributed by atoms with E-state index in [1.807, 2.05) is 72.8 Å². The van der Waals surface area contributed by atoms with Gasteiger partial charge in [-0.3, -0.25) is 0 Å². The van der Waals surface area contributed by atoms with Crippen molar-refractivity contribution in [3.8, 4) is 102 Å². The first-order chi connectivity index (χ1) is 64.3. The van der Waals surface area contributed by atoms with Crippen LogP contribution in [-0.2, 0) is 31.0 Å². The molecule has 0 aromatic heterocycles. The molecule has 0 N–H and O–H groups in total. The number of fused-ring (bicyclic) bond motifs is 16. The predicted octanol–water partition coefficient (Wildman–Crippen LogP) is 31.8. The monoisotopic (exact) mass is 1730 g/mol. The number of nitrogens with zero attached hydrogens (tertiary/aromatic N) is 2. The van der Waals surface area contributed by atoms with Crippen molar-refractivity contribution in [3.05, 3.63) is 496 Å². The van der Waals surface area contributed by atoms with Crippen molar-refractivity contribution < 1.29 is 28.3 Å². The van der Waals surface area contributed by atoms with E-state index in [4.69, 9.17) is 39.9 Å². The van der Waals surface area contributed by atoms with Gasteiger partial charge in [0.1, 0.15) is 0 Å².